The van der Waals surface area contributed by atoms with Crippen molar-refractivity contribution in [1.82, 2.24) is 0 Å². The van der Waals surface area contributed by atoms with Gasteiger partial charge >= 0.3 is 0 Å². The molecule has 2 aromatic carbocycles. The average Bonchev–Trinajstić information content (AvgIpc) is 2.41. The lowest BCUT2D eigenvalue weighted by Gasteiger charge is -2.11. The molecule has 1 N–H and O–H groups in total. The van der Waals surface area contributed by atoms with Crippen LogP contribution < -0.4 is 0 Å². The van der Waals surface area contributed by atoms with Crippen LogP contribution in [0.25, 0.3) is 0 Å². The fourth-order valence-corrected chi connectivity index (χ4v) is 2.35. The van der Waals surface area contributed by atoms with Crippen molar-refractivity contribution in [3.05, 3.63) is 69.7 Å². The van der Waals surface area contributed by atoms with Gasteiger partial charge in [0, 0.05) is 4.47 Å². The first-order valence-corrected chi connectivity index (χ1v) is 7.41. The molecule has 2 rings (SSSR count). The minimum atomic E-state index is -0.275. The van der Waals surface area contributed by atoms with E-state index in [1.807, 2.05) is 12.1 Å². The van der Waals surface area contributed by atoms with Crippen LogP contribution in [0.3, 0.4) is 0 Å². The highest BCUT2D eigenvalue weighted by atomic mass is 79.9. The fourth-order valence-electron chi connectivity index (χ4n) is 2.08. The van der Waals surface area contributed by atoms with E-state index in [1.54, 1.807) is 0 Å². The van der Waals surface area contributed by atoms with E-state index in [1.165, 1.54) is 16.7 Å². The van der Waals surface area contributed by atoms with Gasteiger partial charge in [-0.1, -0.05) is 57.9 Å². The van der Waals surface area contributed by atoms with E-state index in [0.29, 0.717) is 0 Å². The van der Waals surface area contributed by atoms with Gasteiger partial charge in [-0.15, -0.1) is 0 Å². The highest BCUT2D eigenvalue weighted by molar-refractivity contribution is 9.10. The van der Waals surface area contributed by atoms with E-state index in [4.69, 9.17) is 0 Å². The van der Waals surface area contributed by atoms with Crippen LogP contribution in [-0.4, -0.2) is 11.2 Å². The molecule has 0 amide bonds. The molecule has 1 unspecified atom stereocenters. The maximum absolute atomic E-state index is 10.1. The number of hydrogen-bond acceptors (Lipinski definition) is 1. The largest absolute Gasteiger partial charge is 0.393 e. The van der Waals surface area contributed by atoms with Crippen molar-refractivity contribution >= 4 is 15.9 Å². The highest BCUT2D eigenvalue weighted by Gasteiger charge is 2.06. The summed E-state index contributed by atoms with van der Waals surface area (Å²) in [5.74, 6) is 0. The third-order valence-corrected chi connectivity index (χ3v) is 3.80. The zero-order valence-corrected chi connectivity index (χ0v) is 12.7. The summed E-state index contributed by atoms with van der Waals surface area (Å²) in [7, 11) is 0. The fraction of sp³-hybridized carbons (Fsp3) is 0.294. The second kappa shape index (κ2) is 6.88. The Balaban J connectivity index is 1.82. The number of rotatable bonds is 5. The van der Waals surface area contributed by atoms with Gasteiger partial charge in [0.15, 0.2) is 0 Å². The molecule has 0 bridgehead atoms. The van der Waals surface area contributed by atoms with Crippen LogP contribution in [0.5, 0.6) is 0 Å². The summed E-state index contributed by atoms with van der Waals surface area (Å²) in [5.41, 5.74) is 3.75. The Morgan fingerprint density at radius 3 is 2.16 bits per heavy atom. The molecule has 0 spiro atoms. The summed E-state index contributed by atoms with van der Waals surface area (Å²) in [5, 5.41) is 10.1. The Morgan fingerprint density at radius 1 is 0.947 bits per heavy atom. The summed E-state index contributed by atoms with van der Waals surface area (Å²) in [6.07, 6.45) is 2.18. The van der Waals surface area contributed by atoms with Crippen LogP contribution in [0.15, 0.2) is 53.0 Å². The molecule has 0 aliphatic heterocycles. The molecule has 2 heteroatoms. The first kappa shape index (κ1) is 14.3. The molecular weight excluding hydrogens is 300 g/mol. The Kier molecular flexibility index (Phi) is 5.17. The standard InChI is InChI=1S/C17H19BrO/c1-13-2-4-14(5-3-13)8-11-17(19)12-15-6-9-16(18)10-7-15/h2-7,9-10,17,19H,8,11-12H2,1H3. The zero-order valence-electron chi connectivity index (χ0n) is 11.1. The molecule has 0 saturated heterocycles. The Morgan fingerprint density at radius 2 is 1.53 bits per heavy atom. The lowest BCUT2D eigenvalue weighted by atomic mass is 10.0. The second-order valence-corrected chi connectivity index (χ2v) is 5.92. The second-order valence-electron chi connectivity index (χ2n) is 5.01. The molecular formula is C17H19BrO. The zero-order chi connectivity index (χ0) is 13.7. The third kappa shape index (κ3) is 4.81. The molecule has 19 heavy (non-hydrogen) atoms. The molecule has 0 heterocycles. The highest BCUT2D eigenvalue weighted by Crippen LogP contribution is 2.14. The van der Waals surface area contributed by atoms with Gasteiger partial charge in [-0.05, 0) is 49.4 Å². The minimum absolute atomic E-state index is 0.275. The van der Waals surface area contributed by atoms with E-state index in [-0.39, 0.29) is 6.10 Å². The van der Waals surface area contributed by atoms with Crippen molar-refractivity contribution in [2.24, 2.45) is 0 Å². The maximum atomic E-state index is 10.1. The van der Waals surface area contributed by atoms with Crippen LogP contribution in [0, 0.1) is 6.92 Å². The van der Waals surface area contributed by atoms with Crippen LogP contribution in [-0.2, 0) is 12.8 Å². The number of hydrogen-bond donors (Lipinski definition) is 1. The number of aryl methyl sites for hydroxylation is 2. The SMILES string of the molecule is Cc1ccc(CCC(O)Cc2ccc(Br)cc2)cc1. The molecule has 0 aromatic heterocycles. The van der Waals surface area contributed by atoms with Crippen molar-refractivity contribution in [2.45, 2.75) is 32.3 Å². The number of aliphatic hydroxyl groups excluding tert-OH is 1. The summed E-state index contributed by atoms with van der Waals surface area (Å²) in [6, 6.07) is 16.7. The van der Waals surface area contributed by atoms with Crippen molar-refractivity contribution in [3.8, 4) is 0 Å². The van der Waals surface area contributed by atoms with Crippen molar-refractivity contribution < 1.29 is 5.11 Å². The van der Waals surface area contributed by atoms with Crippen molar-refractivity contribution in [3.63, 3.8) is 0 Å². The van der Waals surface area contributed by atoms with Gasteiger partial charge in [0.2, 0.25) is 0 Å². The molecule has 0 fully saturated rings. The molecule has 1 nitrogen and oxygen atoms in total. The van der Waals surface area contributed by atoms with Gasteiger partial charge in [-0.25, -0.2) is 0 Å². The predicted molar refractivity (Wildman–Crippen MR) is 83.4 cm³/mol. The normalized spacial score (nSPS) is 12.4. The summed E-state index contributed by atoms with van der Waals surface area (Å²) < 4.78 is 1.07. The molecule has 1 atom stereocenters. The van der Waals surface area contributed by atoms with Crippen LogP contribution in [0.2, 0.25) is 0 Å². The first-order chi connectivity index (χ1) is 9.13. The molecule has 0 aliphatic carbocycles. The molecule has 0 saturated carbocycles. The van der Waals surface area contributed by atoms with Gasteiger partial charge in [-0.2, -0.15) is 0 Å². The third-order valence-electron chi connectivity index (χ3n) is 3.27. The maximum Gasteiger partial charge on any atom is 0.0583 e. The summed E-state index contributed by atoms with van der Waals surface area (Å²) in [6.45, 7) is 2.09. The lowest BCUT2D eigenvalue weighted by Crippen LogP contribution is -2.11. The van der Waals surface area contributed by atoms with E-state index in [9.17, 15) is 5.11 Å². The van der Waals surface area contributed by atoms with Gasteiger partial charge in [-0.3, -0.25) is 0 Å². The Bertz CT molecular complexity index is 502. The quantitative estimate of drug-likeness (QED) is 0.871. The smallest absolute Gasteiger partial charge is 0.0583 e. The van der Waals surface area contributed by atoms with Crippen LogP contribution >= 0.6 is 15.9 Å². The van der Waals surface area contributed by atoms with Crippen LogP contribution in [0.1, 0.15) is 23.1 Å². The van der Waals surface area contributed by atoms with Crippen molar-refractivity contribution in [2.75, 3.05) is 0 Å². The number of benzene rings is 2. The average molecular weight is 319 g/mol. The summed E-state index contributed by atoms with van der Waals surface area (Å²) in [4.78, 5) is 0. The van der Waals surface area contributed by atoms with E-state index < -0.39 is 0 Å². The van der Waals surface area contributed by atoms with Gasteiger partial charge in [0.25, 0.3) is 0 Å². The Labute approximate surface area is 123 Å². The van der Waals surface area contributed by atoms with E-state index in [2.05, 4.69) is 59.3 Å². The summed E-state index contributed by atoms with van der Waals surface area (Å²) >= 11 is 3.42. The molecule has 100 valence electrons. The van der Waals surface area contributed by atoms with Gasteiger partial charge < -0.3 is 5.11 Å². The number of aliphatic hydroxyl groups is 1. The molecule has 0 aliphatic rings. The van der Waals surface area contributed by atoms with E-state index in [0.717, 1.165) is 23.7 Å². The number of halogens is 1. The van der Waals surface area contributed by atoms with Gasteiger partial charge in [0.05, 0.1) is 6.10 Å². The minimum Gasteiger partial charge on any atom is -0.393 e. The Hall–Kier alpha value is -1.12. The van der Waals surface area contributed by atoms with Gasteiger partial charge in [0.1, 0.15) is 0 Å². The first-order valence-electron chi connectivity index (χ1n) is 6.61. The predicted octanol–water partition coefficient (Wildman–Crippen LogP) is 4.29. The monoisotopic (exact) mass is 318 g/mol. The lowest BCUT2D eigenvalue weighted by molar-refractivity contribution is 0.165. The van der Waals surface area contributed by atoms with E-state index >= 15 is 0 Å². The van der Waals surface area contributed by atoms with Crippen molar-refractivity contribution in [1.29, 1.82) is 0 Å². The topological polar surface area (TPSA) is 20.2 Å². The van der Waals surface area contributed by atoms with Crippen LogP contribution in [0.4, 0.5) is 0 Å². The molecule has 2 aromatic rings. The molecule has 0 radical (unpaired) electrons.